The lowest BCUT2D eigenvalue weighted by molar-refractivity contribution is -0.154. The van der Waals surface area contributed by atoms with Gasteiger partial charge in [0.05, 0.1) is 12.6 Å². The second-order valence-corrected chi connectivity index (χ2v) is 9.45. The highest BCUT2D eigenvalue weighted by atomic mass is 16.6. The summed E-state index contributed by atoms with van der Waals surface area (Å²) in [7, 11) is 1.58. The molecule has 8 heteroatoms. The van der Waals surface area contributed by atoms with Gasteiger partial charge in [-0.25, -0.2) is 4.79 Å². The van der Waals surface area contributed by atoms with Crippen molar-refractivity contribution in [1.29, 1.82) is 0 Å². The van der Waals surface area contributed by atoms with E-state index in [0.717, 1.165) is 19.3 Å². The Morgan fingerprint density at radius 2 is 1.51 bits per heavy atom. The number of rotatable bonds is 16. The van der Waals surface area contributed by atoms with E-state index in [2.05, 4.69) is 17.4 Å². The molecule has 0 spiro atoms. The largest absolute Gasteiger partial charge is 0.461 e. The fourth-order valence-corrected chi connectivity index (χ4v) is 4.21. The van der Waals surface area contributed by atoms with Gasteiger partial charge in [0.25, 0.3) is 0 Å². The Morgan fingerprint density at radius 1 is 0.927 bits per heavy atom. The summed E-state index contributed by atoms with van der Waals surface area (Å²) in [6.07, 6.45) is 2.92. The Kier molecular flexibility index (Phi) is 24.6. The molecule has 0 saturated carbocycles. The summed E-state index contributed by atoms with van der Waals surface area (Å²) in [5.74, 6) is -2.20. The maximum Gasteiger partial charge on any atom is 0.407 e. The van der Waals surface area contributed by atoms with Crippen LogP contribution in [0.15, 0.2) is 30.3 Å². The van der Waals surface area contributed by atoms with E-state index in [4.69, 9.17) is 14.2 Å². The van der Waals surface area contributed by atoms with E-state index < -0.39 is 30.0 Å². The molecule has 2 rings (SSSR count). The first-order valence-electron chi connectivity index (χ1n) is 15.5. The third kappa shape index (κ3) is 17.0. The summed E-state index contributed by atoms with van der Waals surface area (Å²) in [6.45, 7) is 17.4. The Labute approximate surface area is 249 Å². The molecule has 41 heavy (non-hydrogen) atoms. The fourth-order valence-electron chi connectivity index (χ4n) is 4.21. The second-order valence-electron chi connectivity index (χ2n) is 9.45. The maximum atomic E-state index is 12.8. The van der Waals surface area contributed by atoms with Crippen LogP contribution in [0.2, 0.25) is 0 Å². The molecule has 0 aliphatic carbocycles. The molecule has 1 saturated heterocycles. The number of nitrogens with one attached hydrogen (secondary N) is 1. The summed E-state index contributed by atoms with van der Waals surface area (Å²) >= 11 is 0. The molecular formula is C33H57NO7. The van der Waals surface area contributed by atoms with Gasteiger partial charge in [-0.15, -0.1) is 0 Å². The Morgan fingerprint density at radius 3 is 2.05 bits per heavy atom. The van der Waals surface area contributed by atoms with Gasteiger partial charge in [-0.3, -0.25) is 14.4 Å². The maximum absolute atomic E-state index is 12.8. The van der Waals surface area contributed by atoms with Crippen molar-refractivity contribution in [3.8, 4) is 0 Å². The number of benzene rings is 1. The number of cyclic esters (lactones) is 1. The number of hydrogen-bond donors (Lipinski definition) is 1. The van der Waals surface area contributed by atoms with E-state index in [1.54, 1.807) is 14.0 Å². The number of unbranched alkanes of at least 4 members (excludes halogenated alkanes) is 1. The lowest BCUT2D eigenvalue weighted by Crippen LogP contribution is -2.33. The van der Waals surface area contributed by atoms with Crippen LogP contribution in [0.4, 0.5) is 4.79 Å². The summed E-state index contributed by atoms with van der Waals surface area (Å²) in [4.78, 5) is 48.7. The van der Waals surface area contributed by atoms with Crippen molar-refractivity contribution in [2.45, 2.75) is 113 Å². The number of aryl methyl sites for hydroxylation is 1. The van der Waals surface area contributed by atoms with Gasteiger partial charge in [0.2, 0.25) is 0 Å². The van der Waals surface area contributed by atoms with Crippen LogP contribution >= 0.6 is 0 Å². The SMILES string of the molecule is CC.CC.CC.COC(C[C@@H](C)C(=O)CCCCc1ccccc1)C[C@@H](C)C(=O)C(C)C(=O)OCC1CNC(=O)O1. The average molecular weight is 580 g/mol. The predicted octanol–water partition coefficient (Wildman–Crippen LogP) is 6.97. The number of carbonyl (C=O) groups excluding carboxylic acids is 4. The summed E-state index contributed by atoms with van der Waals surface area (Å²) in [6, 6.07) is 10.2. The van der Waals surface area contributed by atoms with E-state index in [1.165, 1.54) is 12.5 Å². The van der Waals surface area contributed by atoms with Gasteiger partial charge in [0.15, 0.2) is 6.10 Å². The van der Waals surface area contributed by atoms with Crippen LogP contribution in [-0.2, 0) is 35.0 Å². The van der Waals surface area contributed by atoms with Gasteiger partial charge in [-0.05, 0) is 44.6 Å². The number of Topliss-reactive ketones (excluding diaryl/α,β-unsaturated/α-hetero) is 2. The van der Waals surface area contributed by atoms with Crippen LogP contribution in [-0.4, -0.2) is 56.1 Å². The lowest BCUT2D eigenvalue weighted by Gasteiger charge is -2.23. The zero-order valence-electron chi connectivity index (χ0n) is 27.3. The van der Waals surface area contributed by atoms with Gasteiger partial charge in [-0.1, -0.05) is 85.7 Å². The minimum absolute atomic E-state index is 0.0881. The zero-order valence-corrected chi connectivity index (χ0v) is 27.3. The molecule has 0 radical (unpaired) electrons. The van der Waals surface area contributed by atoms with Crippen molar-refractivity contribution in [3.05, 3.63) is 35.9 Å². The van der Waals surface area contributed by atoms with Crippen molar-refractivity contribution < 1.29 is 33.4 Å². The highest BCUT2D eigenvalue weighted by Crippen LogP contribution is 2.22. The first-order chi connectivity index (χ1) is 19.7. The third-order valence-electron chi connectivity index (χ3n) is 6.52. The first-order valence-corrected chi connectivity index (χ1v) is 15.5. The molecular weight excluding hydrogens is 522 g/mol. The van der Waals surface area contributed by atoms with Crippen LogP contribution < -0.4 is 5.32 Å². The van der Waals surface area contributed by atoms with Gasteiger partial charge < -0.3 is 19.5 Å². The molecule has 1 aromatic carbocycles. The lowest BCUT2D eigenvalue weighted by atomic mass is 9.87. The van der Waals surface area contributed by atoms with Gasteiger partial charge in [-0.2, -0.15) is 0 Å². The van der Waals surface area contributed by atoms with Crippen LogP contribution in [0.25, 0.3) is 0 Å². The zero-order chi connectivity index (χ0) is 31.8. The molecule has 1 aliphatic rings. The number of hydrogen-bond acceptors (Lipinski definition) is 7. The standard InChI is InChI=1S/C27H39NO7.3C2H6/c1-18(24(29)13-9-8-12-21-10-6-5-7-11-21)14-22(33-4)15-19(2)25(30)20(3)26(31)34-17-23-16-28-27(32)35-23;3*1-2/h5-7,10-11,18-20,22-23H,8-9,12-17H2,1-4H3,(H,28,32);3*1-2H3/t18-,19-,20?,22?,23?;;;/m1.../s1. The van der Waals surface area contributed by atoms with Gasteiger partial charge >= 0.3 is 12.1 Å². The number of amides is 1. The Bertz CT molecular complexity index is 843. The van der Waals surface area contributed by atoms with Gasteiger partial charge in [0, 0.05) is 25.4 Å². The third-order valence-corrected chi connectivity index (χ3v) is 6.52. The molecule has 236 valence electrons. The van der Waals surface area contributed by atoms with Gasteiger partial charge in [0.1, 0.15) is 24.1 Å². The van der Waals surface area contributed by atoms with E-state index in [0.29, 0.717) is 19.3 Å². The second kappa shape index (κ2) is 25.0. The molecule has 1 heterocycles. The van der Waals surface area contributed by atoms with Crippen molar-refractivity contribution in [2.75, 3.05) is 20.3 Å². The summed E-state index contributed by atoms with van der Waals surface area (Å²) < 4.78 is 15.6. The molecule has 1 fully saturated rings. The first kappa shape index (κ1) is 40.4. The predicted molar refractivity (Wildman–Crippen MR) is 165 cm³/mol. The van der Waals surface area contributed by atoms with Crippen molar-refractivity contribution in [3.63, 3.8) is 0 Å². The minimum atomic E-state index is -0.934. The minimum Gasteiger partial charge on any atom is -0.461 e. The average Bonchev–Trinajstić information content (AvgIpc) is 3.44. The number of carbonyl (C=O) groups is 4. The number of ether oxygens (including phenoxy) is 3. The summed E-state index contributed by atoms with van der Waals surface area (Å²) in [5.41, 5.74) is 1.28. The van der Waals surface area contributed by atoms with Crippen LogP contribution in [0.1, 0.15) is 100.0 Å². The molecule has 1 amide bonds. The number of methoxy groups -OCH3 is 1. The quantitative estimate of drug-likeness (QED) is 0.128. The van der Waals surface area contributed by atoms with E-state index in [-0.39, 0.29) is 36.7 Å². The highest BCUT2D eigenvalue weighted by molar-refractivity contribution is 5.99. The molecule has 0 aromatic heterocycles. The van der Waals surface area contributed by atoms with E-state index in [1.807, 2.05) is 66.7 Å². The molecule has 0 bridgehead atoms. The smallest absolute Gasteiger partial charge is 0.407 e. The number of esters is 1. The van der Waals surface area contributed by atoms with Crippen molar-refractivity contribution >= 4 is 23.6 Å². The molecule has 1 N–H and O–H groups in total. The Hall–Kier alpha value is -2.74. The van der Waals surface area contributed by atoms with Crippen LogP contribution in [0.3, 0.4) is 0 Å². The van der Waals surface area contributed by atoms with Crippen molar-refractivity contribution in [1.82, 2.24) is 5.32 Å². The van der Waals surface area contributed by atoms with Crippen LogP contribution in [0.5, 0.6) is 0 Å². The topological polar surface area (TPSA) is 108 Å². The van der Waals surface area contributed by atoms with E-state index >= 15 is 0 Å². The molecule has 1 aliphatic heterocycles. The summed E-state index contributed by atoms with van der Waals surface area (Å²) in [5, 5.41) is 2.48. The molecule has 1 aromatic rings. The van der Waals surface area contributed by atoms with Crippen molar-refractivity contribution in [2.24, 2.45) is 17.8 Å². The molecule has 3 unspecified atom stereocenters. The molecule has 5 atom stereocenters. The monoisotopic (exact) mass is 579 g/mol. The van der Waals surface area contributed by atoms with Crippen LogP contribution in [0, 0.1) is 17.8 Å². The molecule has 8 nitrogen and oxygen atoms in total. The normalized spacial score (nSPS) is 16.3. The highest BCUT2D eigenvalue weighted by Gasteiger charge is 2.31. The fraction of sp³-hybridized carbons (Fsp3) is 0.697. The number of alkyl carbamates (subject to hydrolysis) is 1. The van der Waals surface area contributed by atoms with E-state index in [9.17, 15) is 19.2 Å². The number of ketones is 2. The Balaban J connectivity index is 0.